The SMILES string of the molecule is COC(=O)c1c(NC(=O)CN2C(=O)c3ccccc3S2(=O)=O)sc2c1CCCC2. The Morgan fingerprint density at radius 2 is 1.93 bits per heavy atom. The van der Waals surface area contributed by atoms with E-state index in [-0.39, 0.29) is 10.5 Å². The highest BCUT2D eigenvalue weighted by atomic mass is 32.2. The number of rotatable bonds is 4. The van der Waals surface area contributed by atoms with Gasteiger partial charge in [0.15, 0.2) is 0 Å². The van der Waals surface area contributed by atoms with Crippen molar-refractivity contribution in [2.24, 2.45) is 0 Å². The Labute approximate surface area is 171 Å². The number of methoxy groups -OCH3 is 1. The quantitative estimate of drug-likeness (QED) is 0.739. The lowest BCUT2D eigenvalue weighted by atomic mass is 9.95. The molecule has 0 fully saturated rings. The van der Waals surface area contributed by atoms with Crippen LogP contribution in [-0.4, -0.2) is 44.2 Å². The van der Waals surface area contributed by atoms with E-state index < -0.39 is 34.4 Å². The lowest BCUT2D eigenvalue weighted by Crippen LogP contribution is -2.37. The van der Waals surface area contributed by atoms with E-state index in [2.05, 4.69) is 5.32 Å². The minimum Gasteiger partial charge on any atom is -0.465 e. The van der Waals surface area contributed by atoms with Crippen molar-refractivity contribution in [3.8, 4) is 0 Å². The Hall–Kier alpha value is -2.72. The maximum atomic E-state index is 12.6. The second kappa shape index (κ2) is 7.27. The number of aryl methyl sites for hydroxylation is 1. The minimum atomic E-state index is -4.08. The van der Waals surface area contributed by atoms with E-state index in [9.17, 15) is 22.8 Å². The van der Waals surface area contributed by atoms with Crippen molar-refractivity contribution in [2.45, 2.75) is 30.6 Å². The van der Waals surface area contributed by atoms with Crippen LogP contribution in [0.1, 0.15) is 44.0 Å². The van der Waals surface area contributed by atoms with Gasteiger partial charge >= 0.3 is 5.97 Å². The molecular weight excluding hydrogens is 416 g/mol. The van der Waals surface area contributed by atoms with Crippen molar-refractivity contribution in [1.29, 1.82) is 0 Å². The van der Waals surface area contributed by atoms with Gasteiger partial charge in [0.05, 0.1) is 18.2 Å². The summed E-state index contributed by atoms with van der Waals surface area (Å²) in [6, 6.07) is 5.83. The fraction of sp³-hybridized carbons (Fsp3) is 0.316. The summed E-state index contributed by atoms with van der Waals surface area (Å²) in [6.07, 6.45) is 3.48. The number of esters is 1. The van der Waals surface area contributed by atoms with Crippen molar-refractivity contribution in [2.75, 3.05) is 19.0 Å². The average Bonchev–Trinajstić information content (AvgIpc) is 3.16. The predicted molar refractivity (Wildman–Crippen MR) is 106 cm³/mol. The molecule has 1 aliphatic heterocycles. The topological polar surface area (TPSA) is 110 Å². The molecule has 0 bridgehead atoms. The maximum Gasteiger partial charge on any atom is 0.341 e. The van der Waals surface area contributed by atoms with Gasteiger partial charge in [0, 0.05) is 4.88 Å². The number of hydrogen-bond donors (Lipinski definition) is 1. The summed E-state index contributed by atoms with van der Waals surface area (Å²) < 4.78 is 30.7. The number of carbonyl (C=O) groups excluding carboxylic acids is 3. The highest BCUT2D eigenvalue weighted by molar-refractivity contribution is 7.90. The van der Waals surface area contributed by atoms with Crippen molar-refractivity contribution < 1.29 is 27.5 Å². The Morgan fingerprint density at radius 1 is 1.21 bits per heavy atom. The van der Waals surface area contributed by atoms with Crippen LogP contribution in [0.15, 0.2) is 29.2 Å². The van der Waals surface area contributed by atoms with Gasteiger partial charge in [-0.2, -0.15) is 0 Å². The molecule has 1 aliphatic carbocycles. The zero-order chi connectivity index (χ0) is 20.8. The Balaban J connectivity index is 1.60. The number of carbonyl (C=O) groups is 3. The van der Waals surface area contributed by atoms with Crippen molar-refractivity contribution in [3.05, 3.63) is 45.8 Å². The molecule has 0 saturated heterocycles. The first-order valence-corrected chi connectivity index (χ1v) is 11.3. The van der Waals surface area contributed by atoms with Gasteiger partial charge in [-0.3, -0.25) is 9.59 Å². The third-order valence-corrected chi connectivity index (χ3v) is 8.01. The van der Waals surface area contributed by atoms with Crippen LogP contribution in [-0.2, 0) is 32.4 Å². The Kier molecular flexibility index (Phi) is 4.91. The van der Waals surface area contributed by atoms with Crippen molar-refractivity contribution in [1.82, 2.24) is 4.31 Å². The number of amides is 2. The second-order valence-corrected chi connectivity index (χ2v) is 9.70. The number of hydrogen-bond acceptors (Lipinski definition) is 7. The van der Waals surface area contributed by atoms with E-state index in [0.29, 0.717) is 14.9 Å². The molecule has 2 amide bonds. The number of ether oxygens (including phenoxy) is 1. The summed E-state index contributed by atoms with van der Waals surface area (Å²) in [5.41, 5.74) is 1.24. The van der Waals surface area contributed by atoms with E-state index in [1.807, 2.05) is 0 Å². The molecule has 0 unspecified atom stereocenters. The molecule has 8 nitrogen and oxygen atoms in total. The molecule has 4 rings (SSSR count). The van der Waals surface area contributed by atoms with Crippen LogP contribution < -0.4 is 5.32 Å². The third kappa shape index (κ3) is 3.22. The molecule has 10 heteroatoms. The van der Waals surface area contributed by atoms with Crippen LogP contribution in [0.5, 0.6) is 0 Å². The van der Waals surface area contributed by atoms with Gasteiger partial charge in [-0.1, -0.05) is 12.1 Å². The first-order valence-electron chi connectivity index (χ1n) is 9.03. The first-order chi connectivity index (χ1) is 13.8. The zero-order valence-corrected chi connectivity index (χ0v) is 17.2. The third-order valence-electron chi connectivity index (χ3n) is 5.01. The smallest absolute Gasteiger partial charge is 0.341 e. The summed E-state index contributed by atoms with van der Waals surface area (Å²) >= 11 is 1.29. The Bertz CT molecular complexity index is 1140. The van der Waals surface area contributed by atoms with Crippen molar-refractivity contribution >= 4 is 44.1 Å². The molecule has 2 aromatic rings. The second-order valence-electron chi connectivity index (χ2n) is 6.77. The lowest BCUT2D eigenvalue weighted by Gasteiger charge is -2.15. The van der Waals surface area contributed by atoms with E-state index >= 15 is 0 Å². The van der Waals surface area contributed by atoms with Crippen LogP contribution in [0.2, 0.25) is 0 Å². The van der Waals surface area contributed by atoms with Gasteiger partial charge in [-0.05, 0) is 43.4 Å². The lowest BCUT2D eigenvalue weighted by molar-refractivity contribution is -0.116. The normalized spacial score (nSPS) is 16.9. The molecule has 29 heavy (non-hydrogen) atoms. The van der Waals surface area contributed by atoms with E-state index in [4.69, 9.17) is 4.74 Å². The molecular formula is C19H18N2O6S2. The van der Waals surface area contributed by atoms with Crippen LogP contribution in [0.4, 0.5) is 5.00 Å². The van der Waals surface area contributed by atoms with Gasteiger partial charge < -0.3 is 10.1 Å². The molecule has 1 aromatic carbocycles. The number of sulfonamides is 1. The van der Waals surface area contributed by atoms with Crippen LogP contribution in [0.3, 0.4) is 0 Å². The fourth-order valence-electron chi connectivity index (χ4n) is 3.66. The largest absolute Gasteiger partial charge is 0.465 e. The highest BCUT2D eigenvalue weighted by Crippen LogP contribution is 2.38. The molecule has 1 aromatic heterocycles. The summed E-state index contributed by atoms with van der Waals surface area (Å²) in [5.74, 6) is -1.98. The number of nitrogens with zero attached hydrogens (tertiary/aromatic N) is 1. The minimum absolute atomic E-state index is 0.0436. The van der Waals surface area contributed by atoms with Gasteiger partial charge in [0.1, 0.15) is 16.4 Å². The number of thiophene rings is 1. The molecule has 0 radical (unpaired) electrons. The molecule has 1 N–H and O–H groups in total. The van der Waals surface area contributed by atoms with E-state index in [1.165, 1.54) is 36.6 Å². The standard InChI is InChI=1S/C19H18N2O6S2/c1-27-19(24)16-11-6-2-4-8-13(11)28-17(16)20-15(22)10-21-18(23)12-7-3-5-9-14(12)29(21,25)26/h3,5,7,9H,2,4,6,8,10H2,1H3,(H,20,22). The monoisotopic (exact) mass is 434 g/mol. The van der Waals surface area contributed by atoms with Gasteiger partial charge in [0.2, 0.25) is 5.91 Å². The fourth-order valence-corrected chi connectivity index (χ4v) is 6.47. The van der Waals surface area contributed by atoms with Crippen LogP contribution in [0, 0.1) is 0 Å². The molecule has 0 atom stereocenters. The summed E-state index contributed by atoms with van der Waals surface area (Å²) in [5, 5.41) is 2.94. The van der Waals surface area contributed by atoms with Crippen LogP contribution in [0.25, 0.3) is 0 Å². The van der Waals surface area contributed by atoms with E-state index in [0.717, 1.165) is 36.1 Å². The molecule has 2 heterocycles. The summed E-state index contributed by atoms with van der Waals surface area (Å²) in [7, 11) is -2.81. The average molecular weight is 434 g/mol. The van der Waals surface area contributed by atoms with Gasteiger partial charge in [-0.15, -0.1) is 11.3 Å². The van der Waals surface area contributed by atoms with Gasteiger partial charge in [-0.25, -0.2) is 17.5 Å². The summed E-state index contributed by atoms with van der Waals surface area (Å²) in [6.45, 7) is -0.668. The molecule has 0 spiro atoms. The predicted octanol–water partition coefficient (Wildman–Crippen LogP) is 2.20. The molecule has 0 saturated carbocycles. The number of benzene rings is 1. The number of anilines is 1. The van der Waals surface area contributed by atoms with Crippen LogP contribution >= 0.6 is 11.3 Å². The number of fused-ring (bicyclic) bond motifs is 2. The first kappa shape index (κ1) is 19.6. The zero-order valence-electron chi connectivity index (χ0n) is 15.6. The van der Waals surface area contributed by atoms with E-state index in [1.54, 1.807) is 6.07 Å². The van der Waals surface area contributed by atoms with Crippen molar-refractivity contribution in [3.63, 3.8) is 0 Å². The van der Waals surface area contributed by atoms with Gasteiger partial charge in [0.25, 0.3) is 15.9 Å². The molecule has 2 aliphatic rings. The Morgan fingerprint density at radius 3 is 2.66 bits per heavy atom. The maximum absolute atomic E-state index is 12.6. The molecule has 152 valence electrons. The summed E-state index contributed by atoms with van der Waals surface area (Å²) in [4.78, 5) is 38.3. The highest BCUT2D eigenvalue weighted by Gasteiger charge is 2.42. The number of nitrogens with one attached hydrogen (secondary N) is 1.